The molecule has 0 saturated carbocycles. The van der Waals surface area contributed by atoms with Crippen LogP contribution in [0.2, 0.25) is 0 Å². The molecule has 0 bridgehead atoms. The number of aromatic nitrogens is 1. The minimum Gasteiger partial charge on any atom is -0.457 e. The zero-order chi connectivity index (χ0) is 25.6. The standard InChI is InChI=1S/C28H43NO4S/c1-17-10-9-11-18(2)20(4)21(5)27(32)28(7,8)25(30)15-26(31)33-24(13-12-17)19(3)14-23-16-34-22(6)29-23/h12,14,16,18,20-21,24-25,30H,9-11,13,15H2,1-8H3/b17-12-,19-14+/t18-,20-,21+,24-,25-/m0/s1. The Morgan fingerprint density at radius 3 is 2.53 bits per heavy atom. The monoisotopic (exact) mass is 489 g/mol. The lowest BCUT2D eigenvalue weighted by Gasteiger charge is -2.35. The summed E-state index contributed by atoms with van der Waals surface area (Å²) in [5, 5.41) is 13.9. The summed E-state index contributed by atoms with van der Waals surface area (Å²) in [6.45, 7) is 15.8. The van der Waals surface area contributed by atoms with Crippen LogP contribution in [-0.4, -0.2) is 34.1 Å². The minimum absolute atomic E-state index is 0.00171. The number of aliphatic hydroxyl groups is 1. The number of Topliss-reactive ketones (excluding diaryl/α,β-unsaturated/α-hetero) is 1. The summed E-state index contributed by atoms with van der Waals surface area (Å²) in [7, 11) is 0. The molecule has 0 aromatic carbocycles. The van der Waals surface area contributed by atoms with Crippen LogP contribution in [-0.2, 0) is 14.3 Å². The summed E-state index contributed by atoms with van der Waals surface area (Å²) in [5.41, 5.74) is 2.01. The fourth-order valence-corrected chi connectivity index (χ4v) is 5.15. The third-order valence-corrected chi connectivity index (χ3v) is 8.42. The van der Waals surface area contributed by atoms with Crippen LogP contribution in [0.25, 0.3) is 6.08 Å². The number of rotatable bonds is 2. The van der Waals surface area contributed by atoms with Gasteiger partial charge >= 0.3 is 5.97 Å². The fourth-order valence-electron chi connectivity index (χ4n) is 4.58. The lowest BCUT2D eigenvalue weighted by Crippen LogP contribution is -2.44. The summed E-state index contributed by atoms with van der Waals surface area (Å²) >= 11 is 1.58. The highest BCUT2D eigenvalue weighted by atomic mass is 32.1. The van der Waals surface area contributed by atoms with Crippen LogP contribution in [0.3, 0.4) is 0 Å². The molecule has 5 atom stereocenters. The Kier molecular flexibility index (Phi) is 10.3. The van der Waals surface area contributed by atoms with Crippen LogP contribution in [0, 0.1) is 30.1 Å². The first-order valence-electron chi connectivity index (χ1n) is 12.5. The Hall–Kier alpha value is -1.79. The maximum Gasteiger partial charge on any atom is 0.309 e. The summed E-state index contributed by atoms with van der Waals surface area (Å²) in [6, 6.07) is 0. The van der Waals surface area contributed by atoms with Crippen molar-refractivity contribution in [3.63, 3.8) is 0 Å². The number of carbonyl (C=O) groups excluding carboxylic acids is 2. The van der Waals surface area contributed by atoms with Crippen LogP contribution < -0.4 is 0 Å². The molecule has 1 aromatic heterocycles. The number of allylic oxidation sites excluding steroid dienone is 1. The van der Waals surface area contributed by atoms with E-state index in [1.165, 1.54) is 5.57 Å². The average Bonchev–Trinajstić information content (AvgIpc) is 3.18. The van der Waals surface area contributed by atoms with E-state index >= 15 is 0 Å². The van der Waals surface area contributed by atoms with Crippen molar-refractivity contribution >= 4 is 29.2 Å². The van der Waals surface area contributed by atoms with Gasteiger partial charge in [-0.05, 0) is 57.1 Å². The molecular weight excluding hydrogens is 446 g/mol. The number of esters is 1. The predicted octanol–water partition coefficient (Wildman–Crippen LogP) is 6.54. The summed E-state index contributed by atoms with van der Waals surface area (Å²) < 4.78 is 5.86. The quantitative estimate of drug-likeness (QED) is 0.377. The van der Waals surface area contributed by atoms with Crippen molar-refractivity contribution in [1.29, 1.82) is 0 Å². The normalized spacial score (nSPS) is 32.1. The van der Waals surface area contributed by atoms with Gasteiger partial charge in [0.05, 0.1) is 28.6 Å². The Labute approximate surface area is 209 Å². The number of ether oxygens (including phenoxy) is 1. The number of cyclic esters (lactones) is 1. The first-order chi connectivity index (χ1) is 15.8. The average molecular weight is 490 g/mol. The van der Waals surface area contributed by atoms with Gasteiger partial charge in [0.15, 0.2) is 0 Å². The van der Waals surface area contributed by atoms with Gasteiger partial charge in [-0.25, -0.2) is 4.98 Å². The van der Waals surface area contributed by atoms with Gasteiger partial charge in [0.25, 0.3) is 0 Å². The number of aliphatic hydroxyl groups excluding tert-OH is 1. The number of ketones is 1. The summed E-state index contributed by atoms with van der Waals surface area (Å²) in [4.78, 5) is 30.7. The number of carbonyl (C=O) groups is 2. The number of thiazole rings is 1. The van der Waals surface area contributed by atoms with Crippen molar-refractivity contribution in [2.75, 3.05) is 0 Å². The highest BCUT2D eigenvalue weighted by Crippen LogP contribution is 2.35. The fraction of sp³-hybridized carbons (Fsp3) is 0.679. The zero-order valence-electron chi connectivity index (χ0n) is 22.2. The molecule has 0 aliphatic carbocycles. The lowest BCUT2D eigenvalue weighted by molar-refractivity contribution is -0.153. The van der Waals surface area contributed by atoms with Crippen molar-refractivity contribution in [3.8, 4) is 0 Å². The van der Waals surface area contributed by atoms with Gasteiger partial charge in [-0.2, -0.15) is 0 Å². The van der Waals surface area contributed by atoms with Crippen molar-refractivity contribution < 1.29 is 19.4 Å². The number of nitrogens with zero attached hydrogens (tertiary/aromatic N) is 1. The van der Waals surface area contributed by atoms with E-state index in [4.69, 9.17) is 4.74 Å². The number of hydrogen-bond acceptors (Lipinski definition) is 6. The molecule has 1 aromatic rings. The second-order valence-corrected chi connectivity index (χ2v) is 11.8. The van der Waals surface area contributed by atoms with Gasteiger partial charge < -0.3 is 9.84 Å². The maximum absolute atomic E-state index is 13.3. The van der Waals surface area contributed by atoms with E-state index < -0.39 is 23.6 Å². The molecule has 0 fully saturated rings. The minimum atomic E-state index is -1.10. The molecule has 34 heavy (non-hydrogen) atoms. The molecule has 0 saturated heterocycles. The first-order valence-corrected chi connectivity index (χ1v) is 13.4. The zero-order valence-corrected chi connectivity index (χ0v) is 23.0. The molecule has 0 spiro atoms. The Bertz CT molecular complexity index is 913. The van der Waals surface area contributed by atoms with Crippen LogP contribution in [0.5, 0.6) is 0 Å². The number of aryl methyl sites for hydroxylation is 1. The third kappa shape index (κ3) is 7.61. The molecule has 0 radical (unpaired) electrons. The van der Waals surface area contributed by atoms with Gasteiger partial charge in [-0.15, -0.1) is 11.3 Å². The Balaban J connectivity index is 2.33. The van der Waals surface area contributed by atoms with Gasteiger partial charge in [-0.3, -0.25) is 9.59 Å². The van der Waals surface area contributed by atoms with Gasteiger partial charge in [-0.1, -0.05) is 52.7 Å². The number of hydrogen-bond donors (Lipinski definition) is 1. The van der Waals surface area contributed by atoms with E-state index in [0.717, 1.165) is 35.5 Å². The second-order valence-electron chi connectivity index (χ2n) is 10.8. The van der Waals surface area contributed by atoms with Gasteiger partial charge in [0.1, 0.15) is 11.9 Å². The molecule has 6 heteroatoms. The van der Waals surface area contributed by atoms with E-state index in [-0.39, 0.29) is 24.0 Å². The molecule has 2 rings (SSSR count). The second kappa shape index (κ2) is 12.3. The molecule has 0 unspecified atom stereocenters. The summed E-state index contributed by atoms with van der Waals surface area (Å²) in [6.07, 6.45) is 6.02. The van der Waals surface area contributed by atoms with E-state index in [0.29, 0.717) is 12.3 Å². The lowest BCUT2D eigenvalue weighted by atomic mass is 9.70. The molecule has 1 aliphatic heterocycles. The van der Waals surface area contributed by atoms with E-state index in [1.54, 1.807) is 25.2 Å². The first kappa shape index (κ1) is 28.4. The van der Waals surface area contributed by atoms with E-state index in [9.17, 15) is 14.7 Å². The van der Waals surface area contributed by atoms with Gasteiger partial charge in [0, 0.05) is 17.7 Å². The van der Waals surface area contributed by atoms with Crippen molar-refractivity contribution in [1.82, 2.24) is 4.98 Å². The highest BCUT2D eigenvalue weighted by molar-refractivity contribution is 7.09. The van der Waals surface area contributed by atoms with Crippen LogP contribution in [0.4, 0.5) is 0 Å². The molecular formula is C28H43NO4S. The highest BCUT2D eigenvalue weighted by Gasteiger charge is 2.41. The largest absolute Gasteiger partial charge is 0.457 e. The predicted molar refractivity (Wildman–Crippen MR) is 140 cm³/mol. The molecule has 5 nitrogen and oxygen atoms in total. The van der Waals surface area contributed by atoms with Crippen molar-refractivity contribution in [3.05, 3.63) is 33.3 Å². The molecule has 1 aliphatic rings. The Morgan fingerprint density at radius 1 is 1.24 bits per heavy atom. The molecule has 2 heterocycles. The SMILES string of the molecule is C/C1=C/C[C@@H](/C(C)=C/c2csc(C)n2)OC(=O)C[C@H](O)C(C)(C)C(=O)[C@H](C)[C@@H](C)[C@@H](C)CCC1. The van der Waals surface area contributed by atoms with Crippen LogP contribution >= 0.6 is 11.3 Å². The third-order valence-electron chi connectivity index (χ3n) is 7.63. The van der Waals surface area contributed by atoms with E-state index in [2.05, 4.69) is 31.8 Å². The van der Waals surface area contributed by atoms with Crippen LogP contribution in [0.15, 0.2) is 22.6 Å². The van der Waals surface area contributed by atoms with Gasteiger partial charge in [0.2, 0.25) is 0 Å². The van der Waals surface area contributed by atoms with Crippen molar-refractivity contribution in [2.24, 2.45) is 23.2 Å². The Morgan fingerprint density at radius 2 is 1.91 bits per heavy atom. The molecule has 1 N–H and O–H groups in total. The van der Waals surface area contributed by atoms with Crippen LogP contribution in [0.1, 0.15) is 91.3 Å². The van der Waals surface area contributed by atoms with Crippen molar-refractivity contribution in [2.45, 2.75) is 99.7 Å². The maximum atomic E-state index is 13.3. The smallest absolute Gasteiger partial charge is 0.309 e. The topological polar surface area (TPSA) is 76.5 Å². The summed E-state index contributed by atoms with van der Waals surface area (Å²) in [5.74, 6) is -0.0824. The molecule has 190 valence electrons. The molecule has 0 amide bonds. The van der Waals surface area contributed by atoms with E-state index in [1.807, 2.05) is 32.2 Å².